The van der Waals surface area contributed by atoms with Gasteiger partial charge in [0.1, 0.15) is 5.69 Å². The van der Waals surface area contributed by atoms with Gasteiger partial charge in [0.25, 0.3) is 0 Å². The van der Waals surface area contributed by atoms with Crippen molar-refractivity contribution in [3.05, 3.63) is 40.2 Å². The lowest BCUT2D eigenvalue weighted by Crippen LogP contribution is -2.15. The van der Waals surface area contributed by atoms with E-state index in [0.717, 1.165) is 17.4 Å². The Kier molecular flexibility index (Phi) is 2.08. The van der Waals surface area contributed by atoms with Gasteiger partial charge in [0, 0.05) is 11.9 Å². The standard InChI is InChI=1S/C11H12N2O/c1-3-13-10-7-5-4-6-9(10)11(14)8(2)12-13/h4-7H,3H2,1-2H3. The zero-order valence-corrected chi connectivity index (χ0v) is 8.32. The van der Waals surface area contributed by atoms with E-state index in [-0.39, 0.29) is 5.43 Å². The Balaban J connectivity index is 2.97. The minimum Gasteiger partial charge on any atom is -0.287 e. The fourth-order valence-corrected chi connectivity index (χ4v) is 1.61. The molecule has 2 aromatic rings. The molecule has 0 N–H and O–H groups in total. The maximum atomic E-state index is 11.7. The van der Waals surface area contributed by atoms with Crippen molar-refractivity contribution in [2.45, 2.75) is 20.4 Å². The topological polar surface area (TPSA) is 34.9 Å². The predicted molar refractivity (Wildman–Crippen MR) is 56.4 cm³/mol. The van der Waals surface area contributed by atoms with Crippen LogP contribution in [0.15, 0.2) is 29.1 Å². The molecule has 0 amide bonds. The predicted octanol–water partition coefficient (Wildman–Crippen LogP) is 1.72. The fourth-order valence-electron chi connectivity index (χ4n) is 1.61. The summed E-state index contributed by atoms with van der Waals surface area (Å²) in [4.78, 5) is 11.7. The summed E-state index contributed by atoms with van der Waals surface area (Å²) in [5.74, 6) is 0. The van der Waals surface area contributed by atoms with E-state index in [4.69, 9.17) is 0 Å². The highest BCUT2D eigenvalue weighted by Crippen LogP contribution is 2.08. The minimum atomic E-state index is 0.0327. The van der Waals surface area contributed by atoms with Crippen LogP contribution in [0.25, 0.3) is 10.9 Å². The molecule has 1 aromatic carbocycles. The molecular formula is C11H12N2O. The molecule has 0 saturated carbocycles. The monoisotopic (exact) mass is 188 g/mol. The number of rotatable bonds is 1. The summed E-state index contributed by atoms with van der Waals surface area (Å²) in [7, 11) is 0. The number of para-hydroxylation sites is 1. The molecule has 0 fully saturated rings. The van der Waals surface area contributed by atoms with E-state index < -0.39 is 0 Å². The van der Waals surface area contributed by atoms with Crippen LogP contribution in [0, 0.1) is 6.92 Å². The first-order valence-electron chi connectivity index (χ1n) is 4.70. The van der Waals surface area contributed by atoms with Crippen LogP contribution in [0.5, 0.6) is 0 Å². The number of aromatic nitrogens is 2. The first kappa shape index (κ1) is 8.94. The lowest BCUT2D eigenvalue weighted by molar-refractivity contribution is 0.657. The summed E-state index contributed by atoms with van der Waals surface area (Å²) >= 11 is 0. The Morgan fingerprint density at radius 1 is 1.36 bits per heavy atom. The van der Waals surface area contributed by atoms with Crippen molar-refractivity contribution in [2.75, 3.05) is 0 Å². The molecule has 14 heavy (non-hydrogen) atoms. The number of fused-ring (bicyclic) bond motifs is 1. The molecule has 1 heterocycles. The molecule has 3 nitrogen and oxygen atoms in total. The molecule has 0 unspecified atom stereocenters. The second-order valence-electron chi connectivity index (χ2n) is 3.25. The van der Waals surface area contributed by atoms with Crippen LogP contribution >= 0.6 is 0 Å². The van der Waals surface area contributed by atoms with Gasteiger partial charge < -0.3 is 0 Å². The van der Waals surface area contributed by atoms with Gasteiger partial charge in [0.2, 0.25) is 5.43 Å². The van der Waals surface area contributed by atoms with Crippen molar-refractivity contribution in [3.63, 3.8) is 0 Å². The largest absolute Gasteiger partial charge is 0.287 e. The van der Waals surface area contributed by atoms with E-state index in [1.165, 1.54) is 0 Å². The molecule has 0 aliphatic heterocycles. The molecular weight excluding hydrogens is 176 g/mol. The third-order valence-electron chi connectivity index (χ3n) is 2.33. The zero-order chi connectivity index (χ0) is 10.1. The van der Waals surface area contributed by atoms with Crippen molar-refractivity contribution < 1.29 is 0 Å². The van der Waals surface area contributed by atoms with Gasteiger partial charge in [0.15, 0.2) is 0 Å². The number of hydrogen-bond donors (Lipinski definition) is 0. The van der Waals surface area contributed by atoms with Crippen LogP contribution in [0.4, 0.5) is 0 Å². The second-order valence-corrected chi connectivity index (χ2v) is 3.25. The van der Waals surface area contributed by atoms with Crippen molar-refractivity contribution >= 4 is 10.9 Å². The number of nitrogens with zero attached hydrogens (tertiary/aromatic N) is 2. The van der Waals surface area contributed by atoms with Gasteiger partial charge >= 0.3 is 0 Å². The maximum absolute atomic E-state index is 11.7. The van der Waals surface area contributed by atoms with Crippen LogP contribution in [0.1, 0.15) is 12.6 Å². The summed E-state index contributed by atoms with van der Waals surface area (Å²) in [6.45, 7) is 4.55. The Labute approximate surface area is 82.0 Å². The van der Waals surface area contributed by atoms with E-state index >= 15 is 0 Å². The van der Waals surface area contributed by atoms with Gasteiger partial charge in [0.05, 0.1) is 5.52 Å². The van der Waals surface area contributed by atoms with Gasteiger partial charge in [-0.25, -0.2) is 0 Å². The summed E-state index contributed by atoms with van der Waals surface area (Å²) in [5.41, 5.74) is 1.50. The molecule has 0 spiro atoms. The third-order valence-corrected chi connectivity index (χ3v) is 2.33. The van der Waals surface area contributed by atoms with Crippen LogP contribution in [-0.2, 0) is 6.54 Å². The molecule has 0 atom stereocenters. The smallest absolute Gasteiger partial charge is 0.210 e. The third kappa shape index (κ3) is 1.21. The number of aryl methyl sites for hydroxylation is 2. The zero-order valence-electron chi connectivity index (χ0n) is 8.32. The normalized spacial score (nSPS) is 10.7. The first-order chi connectivity index (χ1) is 6.74. The van der Waals surface area contributed by atoms with E-state index in [2.05, 4.69) is 5.10 Å². The number of hydrogen-bond acceptors (Lipinski definition) is 2. The Bertz CT molecular complexity index is 528. The Hall–Kier alpha value is -1.64. The van der Waals surface area contributed by atoms with E-state index in [9.17, 15) is 4.79 Å². The summed E-state index contributed by atoms with van der Waals surface area (Å²) in [5, 5.41) is 4.98. The highest BCUT2D eigenvalue weighted by Gasteiger charge is 2.04. The van der Waals surface area contributed by atoms with Crippen LogP contribution in [0.2, 0.25) is 0 Å². The van der Waals surface area contributed by atoms with Crippen molar-refractivity contribution in [2.24, 2.45) is 0 Å². The maximum Gasteiger partial charge on any atom is 0.210 e. The number of benzene rings is 1. The van der Waals surface area contributed by atoms with Crippen LogP contribution < -0.4 is 5.43 Å². The van der Waals surface area contributed by atoms with Crippen LogP contribution in [-0.4, -0.2) is 9.78 Å². The van der Waals surface area contributed by atoms with Gasteiger partial charge in [-0.2, -0.15) is 5.10 Å². The van der Waals surface area contributed by atoms with Crippen molar-refractivity contribution in [1.82, 2.24) is 9.78 Å². The highest BCUT2D eigenvalue weighted by atomic mass is 16.1. The average Bonchev–Trinajstić information content (AvgIpc) is 2.23. The summed E-state index contributed by atoms with van der Waals surface area (Å²) < 4.78 is 1.85. The fraction of sp³-hybridized carbons (Fsp3) is 0.273. The summed E-state index contributed by atoms with van der Waals surface area (Å²) in [6.07, 6.45) is 0. The van der Waals surface area contributed by atoms with Gasteiger partial charge in [-0.1, -0.05) is 12.1 Å². The Morgan fingerprint density at radius 2 is 2.07 bits per heavy atom. The molecule has 0 radical (unpaired) electrons. The quantitative estimate of drug-likeness (QED) is 0.683. The Morgan fingerprint density at radius 3 is 2.79 bits per heavy atom. The molecule has 2 rings (SSSR count). The van der Waals surface area contributed by atoms with Gasteiger partial charge in [-0.05, 0) is 26.0 Å². The average molecular weight is 188 g/mol. The van der Waals surface area contributed by atoms with E-state index in [1.807, 2.05) is 35.9 Å². The molecule has 0 saturated heterocycles. The molecule has 0 bridgehead atoms. The minimum absolute atomic E-state index is 0.0327. The second kappa shape index (κ2) is 3.25. The van der Waals surface area contributed by atoms with Gasteiger partial charge in [-0.3, -0.25) is 9.48 Å². The van der Waals surface area contributed by atoms with Crippen molar-refractivity contribution in [1.29, 1.82) is 0 Å². The molecule has 0 aliphatic rings. The summed E-state index contributed by atoms with van der Waals surface area (Å²) in [6, 6.07) is 7.57. The lowest BCUT2D eigenvalue weighted by Gasteiger charge is -2.07. The molecule has 0 aliphatic carbocycles. The molecule has 1 aromatic heterocycles. The van der Waals surface area contributed by atoms with E-state index in [1.54, 1.807) is 6.92 Å². The van der Waals surface area contributed by atoms with Gasteiger partial charge in [-0.15, -0.1) is 0 Å². The first-order valence-corrected chi connectivity index (χ1v) is 4.70. The highest BCUT2D eigenvalue weighted by molar-refractivity contribution is 5.78. The molecule has 72 valence electrons. The SMILES string of the molecule is CCn1nc(C)c(=O)c2ccccc21. The van der Waals surface area contributed by atoms with E-state index in [0.29, 0.717) is 5.69 Å². The van der Waals surface area contributed by atoms with Crippen molar-refractivity contribution in [3.8, 4) is 0 Å². The molecule has 3 heteroatoms. The van der Waals surface area contributed by atoms with Crippen LogP contribution in [0.3, 0.4) is 0 Å². The lowest BCUT2D eigenvalue weighted by atomic mass is 10.2.